The van der Waals surface area contributed by atoms with Gasteiger partial charge in [0.25, 0.3) is 5.91 Å². The van der Waals surface area contributed by atoms with Crippen molar-refractivity contribution < 1.29 is 20.1 Å². The number of amides is 1. The smallest absolute Gasteiger partial charge is 0.260 e. The number of allylic oxidation sites excluding steroid dienone is 5. The number of para-hydroxylation sites is 1. The van der Waals surface area contributed by atoms with Gasteiger partial charge in [-0.3, -0.25) is 4.79 Å². The number of fused-ring (bicyclic) bond motifs is 2. The van der Waals surface area contributed by atoms with Gasteiger partial charge >= 0.3 is 0 Å². The summed E-state index contributed by atoms with van der Waals surface area (Å²) in [6.07, 6.45) is 12.5. The summed E-state index contributed by atoms with van der Waals surface area (Å²) in [5.41, 5.74) is 3.59. The second kappa shape index (κ2) is 10.8. The fourth-order valence-electron chi connectivity index (χ4n) is 3.71. The molecule has 174 valence electrons. The minimum atomic E-state index is -0.333. The van der Waals surface area contributed by atoms with Gasteiger partial charge < -0.3 is 25.5 Å². The molecule has 0 fully saturated rings. The summed E-state index contributed by atoms with van der Waals surface area (Å²) in [4.78, 5) is 14.9. The van der Waals surface area contributed by atoms with Gasteiger partial charge in [-0.05, 0) is 58.6 Å². The second-order valence-corrected chi connectivity index (χ2v) is 8.52. The molecule has 0 bridgehead atoms. The number of nitrogens with one attached hydrogen (secondary N) is 1. The number of aromatic hydroxyl groups is 3. The topological polar surface area (TPSA) is 93.0 Å². The molecule has 0 spiro atoms. The molecule has 33 heavy (non-hydrogen) atoms. The predicted molar refractivity (Wildman–Crippen MR) is 134 cm³/mol. The lowest BCUT2D eigenvalue weighted by atomic mass is 10.1. The van der Waals surface area contributed by atoms with E-state index in [1.165, 1.54) is 28.7 Å². The zero-order valence-electron chi connectivity index (χ0n) is 19.4. The Morgan fingerprint density at radius 3 is 2.45 bits per heavy atom. The van der Waals surface area contributed by atoms with Gasteiger partial charge in [0.1, 0.15) is 22.9 Å². The van der Waals surface area contributed by atoms with Crippen LogP contribution >= 0.6 is 0 Å². The summed E-state index contributed by atoms with van der Waals surface area (Å²) in [5, 5.41) is 33.7. The van der Waals surface area contributed by atoms with Gasteiger partial charge in [0.2, 0.25) is 0 Å². The highest BCUT2D eigenvalue weighted by molar-refractivity contribution is 6.15. The van der Waals surface area contributed by atoms with Crippen LogP contribution in [0.4, 0.5) is 17.1 Å². The van der Waals surface area contributed by atoms with E-state index in [0.29, 0.717) is 5.69 Å². The van der Waals surface area contributed by atoms with Crippen LogP contribution in [0.2, 0.25) is 0 Å². The fraction of sp³-hybridized carbons (Fsp3) is 0.296. The molecule has 2 aromatic carbocycles. The number of unbranched alkanes of at least 4 members (excludes halogenated alkanes) is 1. The maximum absolute atomic E-state index is 13.4. The average molecular weight is 449 g/mol. The first-order valence-electron chi connectivity index (χ1n) is 11.2. The van der Waals surface area contributed by atoms with Crippen molar-refractivity contribution in [3.63, 3.8) is 0 Å². The first-order valence-corrected chi connectivity index (χ1v) is 11.2. The number of hydrogen-bond donors (Lipinski definition) is 4. The van der Waals surface area contributed by atoms with Crippen molar-refractivity contribution in [2.24, 2.45) is 0 Å². The molecule has 0 aromatic heterocycles. The van der Waals surface area contributed by atoms with Crippen LogP contribution in [-0.2, 0) is 0 Å². The van der Waals surface area contributed by atoms with E-state index in [1.807, 2.05) is 13.0 Å². The highest BCUT2D eigenvalue weighted by Crippen LogP contribution is 2.45. The lowest BCUT2D eigenvalue weighted by Gasteiger charge is -2.22. The SMILES string of the molecule is CC(C)=CCC/C=C/CC/C(C)=C/CN1C(=O)c2cccc(O)c2Nc2c(O)cc(O)cc21. The maximum atomic E-state index is 13.4. The average Bonchev–Trinajstić information content (AvgIpc) is 2.87. The van der Waals surface area contributed by atoms with Crippen LogP contribution in [-0.4, -0.2) is 27.8 Å². The Morgan fingerprint density at radius 2 is 1.70 bits per heavy atom. The Balaban J connectivity index is 1.78. The molecule has 0 saturated heterocycles. The van der Waals surface area contributed by atoms with Gasteiger partial charge in [0.15, 0.2) is 0 Å². The Morgan fingerprint density at radius 1 is 0.939 bits per heavy atom. The molecule has 1 aliphatic rings. The molecule has 2 aromatic rings. The van der Waals surface area contributed by atoms with Crippen molar-refractivity contribution in [1.82, 2.24) is 0 Å². The zero-order valence-corrected chi connectivity index (χ0v) is 19.4. The van der Waals surface area contributed by atoms with E-state index in [1.54, 1.807) is 12.1 Å². The third kappa shape index (κ3) is 5.98. The number of carbonyl (C=O) groups is 1. The number of carbonyl (C=O) groups excluding carboxylic acids is 1. The lowest BCUT2D eigenvalue weighted by molar-refractivity contribution is 0.0991. The zero-order chi connectivity index (χ0) is 24.0. The van der Waals surface area contributed by atoms with Gasteiger partial charge in [0.05, 0.1) is 16.9 Å². The number of rotatable bonds is 8. The van der Waals surface area contributed by atoms with Gasteiger partial charge in [0, 0.05) is 18.7 Å². The summed E-state index contributed by atoms with van der Waals surface area (Å²) in [6, 6.07) is 7.33. The van der Waals surface area contributed by atoms with Crippen LogP contribution in [0.5, 0.6) is 17.2 Å². The monoisotopic (exact) mass is 448 g/mol. The number of anilines is 3. The molecular weight excluding hydrogens is 416 g/mol. The first kappa shape index (κ1) is 24.0. The van der Waals surface area contributed by atoms with Crippen molar-refractivity contribution in [2.75, 3.05) is 16.8 Å². The Kier molecular flexibility index (Phi) is 7.83. The normalized spacial score (nSPS) is 13.4. The highest BCUT2D eigenvalue weighted by Gasteiger charge is 2.29. The molecule has 0 unspecified atom stereocenters. The van der Waals surface area contributed by atoms with Crippen LogP contribution in [0.3, 0.4) is 0 Å². The predicted octanol–water partition coefficient (Wildman–Crippen LogP) is 6.54. The molecule has 0 radical (unpaired) electrons. The van der Waals surface area contributed by atoms with Crippen LogP contribution in [0.25, 0.3) is 0 Å². The van der Waals surface area contributed by atoms with Crippen LogP contribution in [0.15, 0.2) is 65.8 Å². The van der Waals surface area contributed by atoms with Crippen LogP contribution in [0.1, 0.15) is 56.8 Å². The van der Waals surface area contributed by atoms with Gasteiger partial charge in [-0.15, -0.1) is 0 Å². The van der Waals surface area contributed by atoms with Gasteiger partial charge in [-0.1, -0.05) is 41.5 Å². The minimum Gasteiger partial charge on any atom is -0.508 e. The third-order valence-electron chi connectivity index (χ3n) is 5.52. The number of hydrogen-bond acceptors (Lipinski definition) is 5. The van der Waals surface area contributed by atoms with Crippen molar-refractivity contribution in [3.8, 4) is 17.2 Å². The molecule has 4 N–H and O–H groups in total. The summed E-state index contributed by atoms with van der Waals surface area (Å²) in [7, 11) is 0. The number of phenols is 3. The van der Waals surface area contributed by atoms with E-state index < -0.39 is 0 Å². The highest BCUT2D eigenvalue weighted by atomic mass is 16.3. The summed E-state index contributed by atoms with van der Waals surface area (Å²) >= 11 is 0. The van der Waals surface area contributed by atoms with Gasteiger partial charge in [-0.25, -0.2) is 0 Å². The molecule has 0 atom stereocenters. The minimum absolute atomic E-state index is 0.0933. The Hall–Kier alpha value is -3.67. The molecule has 1 amide bonds. The van der Waals surface area contributed by atoms with Crippen LogP contribution in [0, 0.1) is 0 Å². The van der Waals surface area contributed by atoms with Gasteiger partial charge in [-0.2, -0.15) is 0 Å². The quantitative estimate of drug-likeness (QED) is 0.159. The lowest BCUT2D eigenvalue weighted by Crippen LogP contribution is -2.30. The summed E-state index contributed by atoms with van der Waals surface area (Å²) < 4.78 is 0. The fourth-order valence-corrected chi connectivity index (χ4v) is 3.71. The molecule has 1 heterocycles. The van der Waals surface area contributed by atoms with E-state index >= 15 is 0 Å². The van der Waals surface area contributed by atoms with E-state index in [4.69, 9.17) is 0 Å². The molecule has 6 heteroatoms. The second-order valence-electron chi connectivity index (χ2n) is 8.52. The van der Waals surface area contributed by atoms with Crippen molar-refractivity contribution >= 4 is 23.0 Å². The van der Waals surface area contributed by atoms with Crippen molar-refractivity contribution in [1.29, 1.82) is 0 Å². The molecule has 1 aliphatic heterocycles. The standard InChI is InChI=1S/C27H32N2O4/c1-18(2)10-7-5-4-6-8-11-19(3)14-15-29-22-16-20(30)17-24(32)26(22)28-25-21(27(29)33)12-9-13-23(25)31/h4,6,9-10,12-14,16-17,28,30-32H,5,7-8,11,15H2,1-3H3/b6-4+,19-14+. The molecule has 0 saturated carbocycles. The molecule has 3 rings (SSSR count). The largest absolute Gasteiger partial charge is 0.508 e. The van der Waals surface area contributed by atoms with E-state index in [2.05, 4.69) is 37.4 Å². The first-order chi connectivity index (χ1) is 15.8. The van der Waals surface area contributed by atoms with Crippen molar-refractivity contribution in [3.05, 3.63) is 71.3 Å². The number of benzene rings is 2. The Bertz CT molecular complexity index is 1110. The maximum Gasteiger partial charge on any atom is 0.260 e. The number of phenolic OH excluding ortho intramolecular Hbond substituents is 3. The molecule has 0 aliphatic carbocycles. The van der Waals surface area contributed by atoms with Crippen molar-refractivity contribution in [2.45, 2.75) is 46.5 Å². The Labute approximate surface area is 195 Å². The van der Waals surface area contributed by atoms with E-state index in [0.717, 1.165) is 31.3 Å². The molecular formula is C27H32N2O4. The third-order valence-corrected chi connectivity index (χ3v) is 5.52. The summed E-state index contributed by atoms with van der Waals surface area (Å²) in [5.74, 6) is -0.789. The number of nitrogens with zero attached hydrogens (tertiary/aromatic N) is 1. The van der Waals surface area contributed by atoms with E-state index in [-0.39, 0.29) is 46.6 Å². The van der Waals surface area contributed by atoms with E-state index in [9.17, 15) is 20.1 Å². The van der Waals surface area contributed by atoms with Crippen LogP contribution < -0.4 is 10.2 Å². The molecule has 6 nitrogen and oxygen atoms in total. The summed E-state index contributed by atoms with van der Waals surface area (Å²) in [6.45, 7) is 6.50.